The van der Waals surface area contributed by atoms with Crippen molar-refractivity contribution in [2.24, 2.45) is 0 Å². The van der Waals surface area contributed by atoms with Gasteiger partial charge in [0.2, 0.25) is 6.41 Å². The van der Waals surface area contributed by atoms with Gasteiger partial charge in [0.1, 0.15) is 6.29 Å². The largest absolute Gasteiger partial charge is 0.355 e. The lowest BCUT2D eigenvalue weighted by Gasteiger charge is -1.98. The Morgan fingerprint density at radius 3 is 2.75 bits per heavy atom. The van der Waals surface area contributed by atoms with Gasteiger partial charge in [-0.3, -0.25) is 4.79 Å². The molecule has 0 aromatic heterocycles. The highest BCUT2D eigenvalue weighted by Gasteiger charge is 1.87. The molecule has 2 N–H and O–H groups in total. The Kier molecular flexibility index (Phi) is 10.2. The molecule has 88 valence electrons. The van der Waals surface area contributed by atoms with E-state index < -0.39 is 0 Å². The summed E-state index contributed by atoms with van der Waals surface area (Å²) in [4.78, 5) is 20.1. The number of nitrogens with one attached hydrogen (secondary N) is 2. The summed E-state index contributed by atoms with van der Waals surface area (Å²) in [5.74, 6) is 0. The first-order valence-electron chi connectivity index (χ1n) is 5.14. The minimum Gasteiger partial charge on any atom is -0.355 e. The van der Waals surface area contributed by atoms with Gasteiger partial charge in [0.25, 0.3) is 0 Å². The van der Waals surface area contributed by atoms with E-state index in [1.807, 2.05) is 18.2 Å². The van der Waals surface area contributed by atoms with E-state index in [0.29, 0.717) is 19.5 Å². The van der Waals surface area contributed by atoms with Crippen molar-refractivity contribution in [1.82, 2.24) is 10.6 Å². The fourth-order valence-electron chi connectivity index (χ4n) is 0.993. The molecule has 4 nitrogen and oxygen atoms in total. The summed E-state index contributed by atoms with van der Waals surface area (Å²) in [6, 6.07) is 0. The van der Waals surface area contributed by atoms with Crippen molar-refractivity contribution in [3.05, 3.63) is 36.5 Å². The second-order valence-corrected chi connectivity index (χ2v) is 3.03. The summed E-state index contributed by atoms with van der Waals surface area (Å²) in [5, 5.41) is 5.52. The number of amides is 1. The average molecular weight is 222 g/mol. The van der Waals surface area contributed by atoms with Gasteiger partial charge in [-0.2, -0.15) is 0 Å². The molecule has 0 saturated carbocycles. The zero-order valence-electron chi connectivity index (χ0n) is 9.32. The summed E-state index contributed by atoms with van der Waals surface area (Å²) in [5.41, 5.74) is 0.948. The Bertz CT molecular complexity index is 270. The minimum atomic E-state index is 0.394. The van der Waals surface area contributed by atoms with E-state index in [0.717, 1.165) is 24.8 Å². The zero-order valence-corrected chi connectivity index (χ0v) is 9.32. The smallest absolute Gasteiger partial charge is 0.207 e. The number of allylic oxidation sites excluding steroid dienone is 2. The van der Waals surface area contributed by atoms with Gasteiger partial charge in [-0.15, -0.1) is 0 Å². The van der Waals surface area contributed by atoms with E-state index in [2.05, 4.69) is 17.2 Å². The third-order valence-corrected chi connectivity index (χ3v) is 1.81. The van der Waals surface area contributed by atoms with Crippen molar-refractivity contribution in [2.75, 3.05) is 19.6 Å². The molecule has 0 fully saturated rings. The van der Waals surface area contributed by atoms with Crippen LogP contribution in [0.3, 0.4) is 0 Å². The van der Waals surface area contributed by atoms with Crippen LogP contribution in [0.2, 0.25) is 0 Å². The summed E-state index contributed by atoms with van der Waals surface area (Å²) >= 11 is 0. The Morgan fingerprint density at radius 1 is 1.31 bits per heavy atom. The van der Waals surface area contributed by atoms with Crippen LogP contribution in [0.5, 0.6) is 0 Å². The van der Waals surface area contributed by atoms with Crippen molar-refractivity contribution < 1.29 is 9.59 Å². The van der Waals surface area contributed by atoms with E-state index in [1.165, 1.54) is 0 Å². The van der Waals surface area contributed by atoms with Gasteiger partial charge in [-0.05, 0) is 18.5 Å². The molecule has 0 heterocycles. The molecule has 1 amide bonds. The number of aldehydes is 1. The second kappa shape index (κ2) is 11.4. The first kappa shape index (κ1) is 14.3. The summed E-state index contributed by atoms with van der Waals surface area (Å²) in [7, 11) is 0. The molecule has 0 atom stereocenters. The van der Waals surface area contributed by atoms with Crippen LogP contribution in [0.4, 0.5) is 0 Å². The Balaban J connectivity index is 3.74. The van der Waals surface area contributed by atoms with Crippen LogP contribution in [0.1, 0.15) is 6.42 Å². The SMILES string of the molecule is C=C/C(=C\C=C/CCNCC=O)CNC=O. The normalized spacial score (nSPS) is 11.4. The Morgan fingerprint density at radius 2 is 2.12 bits per heavy atom. The highest BCUT2D eigenvalue weighted by molar-refractivity contribution is 5.51. The molecule has 0 spiro atoms. The monoisotopic (exact) mass is 222 g/mol. The van der Waals surface area contributed by atoms with Gasteiger partial charge in [0.15, 0.2) is 0 Å². The number of carbonyl (C=O) groups excluding carboxylic acids is 2. The van der Waals surface area contributed by atoms with Gasteiger partial charge < -0.3 is 15.4 Å². The molecule has 0 aromatic rings. The highest BCUT2D eigenvalue weighted by atomic mass is 16.1. The van der Waals surface area contributed by atoms with Crippen molar-refractivity contribution in [1.29, 1.82) is 0 Å². The predicted molar refractivity (Wildman–Crippen MR) is 65.0 cm³/mol. The molecule has 0 radical (unpaired) electrons. The fraction of sp³-hybridized carbons (Fsp3) is 0.333. The maximum atomic E-state index is 10.1. The highest BCUT2D eigenvalue weighted by Crippen LogP contribution is 1.94. The lowest BCUT2D eigenvalue weighted by atomic mass is 10.2. The summed E-state index contributed by atoms with van der Waals surface area (Å²) < 4.78 is 0. The van der Waals surface area contributed by atoms with Crippen LogP contribution in [0.25, 0.3) is 0 Å². The molecule has 4 heteroatoms. The van der Waals surface area contributed by atoms with E-state index in [4.69, 9.17) is 0 Å². The van der Waals surface area contributed by atoms with Crippen LogP contribution in [0, 0.1) is 0 Å². The fourth-order valence-corrected chi connectivity index (χ4v) is 0.993. The maximum Gasteiger partial charge on any atom is 0.207 e. The van der Waals surface area contributed by atoms with Crippen LogP contribution >= 0.6 is 0 Å². The minimum absolute atomic E-state index is 0.394. The Hall–Kier alpha value is -1.68. The number of carbonyl (C=O) groups is 2. The maximum absolute atomic E-state index is 10.1. The molecule has 0 aliphatic rings. The number of rotatable bonds is 10. The van der Waals surface area contributed by atoms with Crippen LogP contribution in [0.15, 0.2) is 36.5 Å². The standard InChI is InChI=1S/C12H18N2O2/c1-2-12(10-14-11-16)6-4-3-5-7-13-8-9-15/h2-4,6,9,11,13H,1,5,7-8,10H2,(H,14,16)/b4-3-,12-6+. The number of hydrogen-bond acceptors (Lipinski definition) is 3. The van der Waals surface area contributed by atoms with Gasteiger partial charge in [0.05, 0.1) is 6.54 Å². The van der Waals surface area contributed by atoms with Crippen LogP contribution in [-0.2, 0) is 9.59 Å². The number of hydrogen-bond donors (Lipinski definition) is 2. The zero-order chi connectivity index (χ0) is 12.1. The van der Waals surface area contributed by atoms with Gasteiger partial charge in [0, 0.05) is 6.54 Å². The summed E-state index contributed by atoms with van der Waals surface area (Å²) in [6.45, 7) is 5.30. The van der Waals surface area contributed by atoms with E-state index in [1.54, 1.807) is 6.08 Å². The third kappa shape index (κ3) is 8.90. The molecule has 0 unspecified atom stereocenters. The molecule has 0 aromatic carbocycles. The van der Waals surface area contributed by atoms with Crippen molar-refractivity contribution in [3.63, 3.8) is 0 Å². The van der Waals surface area contributed by atoms with Gasteiger partial charge in [-0.25, -0.2) is 0 Å². The van der Waals surface area contributed by atoms with E-state index >= 15 is 0 Å². The van der Waals surface area contributed by atoms with E-state index in [-0.39, 0.29) is 0 Å². The first-order chi connectivity index (χ1) is 7.85. The van der Waals surface area contributed by atoms with E-state index in [9.17, 15) is 9.59 Å². The first-order valence-corrected chi connectivity index (χ1v) is 5.14. The van der Waals surface area contributed by atoms with Crippen LogP contribution < -0.4 is 10.6 Å². The predicted octanol–water partition coefficient (Wildman–Crippen LogP) is 0.580. The molecular formula is C12H18N2O2. The average Bonchev–Trinajstić information content (AvgIpc) is 2.32. The molecule has 0 rings (SSSR count). The topological polar surface area (TPSA) is 58.2 Å². The van der Waals surface area contributed by atoms with Crippen molar-refractivity contribution in [3.8, 4) is 0 Å². The molecule has 0 bridgehead atoms. The molecular weight excluding hydrogens is 204 g/mol. The van der Waals surface area contributed by atoms with Gasteiger partial charge >= 0.3 is 0 Å². The van der Waals surface area contributed by atoms with Crippen molar-refractivity contribution in [2.45, 2.75) is 6.42 Å². The molecule has 16 heavy (non-hydrogen) atoms. The molecule has 0 aliphatic carbocycles. The molecule has 0 aliphatic heterocycles. The van der Waals surface area contributed by atoms with Crippen LogP contribution in [-0.4, -0.2) is 32.3 Å². The Labute approximate surface area is 96.1 Å². The van der Waals surface area contributed by atoms with Gasteiger partial charge in [-0.1, -0.05) is 30.9 Å². The second-order valence-electron chi connectivity index (χ2n) is 3.03. The third-order valence-electron chi connectivity index (χ3n) is 1.81. The lowest BCUT2D eigenvalue weighted by molar-refractivity contribution is -0.109. The lowest BCUT2D eigenvalue weighted by Crippen LogP contribution is -2.16. The summed E-state index contributed by atoms with van der Waals surface area (Å²) in [6.07, 6.45) is 9.84. The van der Waals surface area contributed by atoms with Crippen molar-refractivity contribution >= 4 is 12.7 Å². The quantitative estimate of drug-likeness (QED) is 0.323. The molecule has 0 saturated heterocycles.